The van der Waals surface area contributed by atoms with Crippen LogP contribution in [0, 0.1) is 6.92 Å². The molecule has 1 N–H and O–H groups in total. The number of hydrogen-bond acceptors (Lipinski definition) is 5. The van der Waals surface area contributed by atoms with Crippen LogP contribution in [0.4, 0.5) is 10.7 Å². The topological polar surface area (TPSA) is 67.4 Å². The number of nitrogens with one attached hydrogen (secondary N) is 1. The minimum Gasteiger partial charge on any atom is -0.444 e. The average Bonchev–Trinajstić information content (AvgIpc) is 2.40. The number of aromatic nitrogens is 2. The molecule has 0 spiro atoms. The monoisotopic (exact) mass is 326 g/mol. The number of anilines is 1. The van der Waals surface area contributed by atoms with Gasteiger partial charge in [0.25, 0.3) is 0 Å². The number of amides is 1. The summed E-state index contributed by atoms with van der Waals surface area (Å²) in [4.78, 5) is 22.5. The first-order valence-electron chi connectivity index (χ1n) is 7.48. The van der Waals surface area contributed by atoms with Crippen molar-refractivity contribution in [3.05, 3.63) is 16.9 Å². The lowest BCUT2D eigenvalue weighted by atomic mass is 10.1. The number of hydrogen-bond donors (Lipinski definition) is 1. The third kappa shape index (κ3) is 4.73. The fourth-order valence-corrected chi connectivity index (χ4v) is 2.44. The first kappa shape index (κ1) is 16.8. The van der Waals surface area contributed by atoms with Crippen molar-refractivity contribution in [2.75, 3.05) is 18.0 Å². The van der Waals surface area contributed by atoms with Gasteiger partial charge in [-0.1, -0.05) is 11.6 Å². The molecule has 0 aromatic carbocycles. The van der Waals surface area contributed by atoms with Crippen molar-refractivity contribution in [2.24, 2.45) is 0 Å². The van der Waals surface area contributed by atoms with E-state index in [1.807, 2.05) is 32.6 Å². The Morgan fingerprint density at radius 3 is 2.86 bits per heavy atom. The Hall–Kier alpha value is -1.56. The SMILES string of the molecule is Cc1cnc(N2CCCC(NC(=O)OC(C)(C)C)C2)nc1Cl. The van der Waals surface area contributed by atoms with Crippen LogP contribution in [0.5, 0.6) is 0 Å². The molecule has 2 rings (SSSR count). The second kappa shape index (κ2) is 6.69. The Kier molecular flexibility index (Phi) is 5.11. The van der Waals surface area contributed by atoms with E-state index in [4.69, 9.17) is 16.3 Å². The molecule has 1 atom stereocenters. The van der Waals surface area contributed by atoms with Gasteiger partial charge < -0.3 is 15.0 Å². The summed E-state index contributed by atoms with van der Waals surface area (Å²) >= 11 is 6.06. The Morgan fingerprint density at radius 1 is 1.50 bits per heavy atom. The number of rotatable bonds is 2. The highest BCUT2D eigenvalue weighted by Crippen LogP contribution is 2.19. The number of aryl methyl sites for hydroxylation is 1. The highest BCUT2D eigenvalue weighted by molar-refractivity contribution is 6.30. The van der Waals surface area contributed by atoms with E-state index in [0.29, 0.717) is 17.6 Å². The molecule has 1 fully saturated rings. The molecule has 122 valence electrons. The van der Waals surface area contributed by atoms with Gasteiger partial charge in [0.2, 0.25) is 5.95 Å². The normalized spacial score (nSPS) is 19.0. The molecule has 0 bridgehead atoms. The largest absolute Gasteiger partial charge is 0.444 e. The van der Waals surface area contributed by atoms with Crippen LogP contribution < -0.4 is 10.2 Å². The van der Waals surface area contributed by atoms with Crippen LogP contribution in [0.2, 0.25) is 5.15 Å². The molecule has 1 saturated heterocycles. The lowest BCUT2D eigenvalue weighted by Crippen LogP contribution is -2.49. The van der Waals surface area contributed by atoms with E-state index in [2.05, 4.69) is 15.3 Å². The summed E-state index contributed by atoms with van der Waals surface area (Å²) in [7, 11) is 0. The van der Waals surface area contributed by atoms with Gasteiger partial charge in [0, 0.05) is 30.9 Å². The average molecular weight is 327 g/mol. The summed E-state index contributed by atoms with van der Waals surface area (Å²) in [6.45, 7) is 8.92. The summed E-state index contributed by atoms with van der Waals surface area (Å²) in [5.74, 6) is 0.603. The van der Waals surface area contributed by atoms with Crippen molar-refractivity contribution in [2.45, 2.75) is 52.2 Å². The van der Waals surface area contributed by atoms with Crippen molar-refractivity contribution in [1.82, 2.24) is 15.3 Å². The predicted octanol–water partition coefficient (Wildman–Crippen LogP) is 2.93. The van der Waals surface area contributed by atoms with Gasteiger partial charge in [-0.25, -0.2) is 14.8 Å². The van der Waals surface area contributed by atoms with Gasteiger partial charge in [0.1, 0.15) is 10.8 Å². The van der Waals surface area contributed by atoms with Gasteiger partial charge in [0.15, 0.2) is 0 Å². The van der Waals surface area contributed by atoms with E-state index in [9.17, 15) is 4.79 Å². The molecule has 0 radical (unpaired) electrons. The lowest BCUT2D eigenvalue weighted by molar-refractivity contribution is 0.0500. The fraction of sp³-hybridized carbons (Fsp3) is 0.667. The number of carbonyl (C=O) groups is 1. The van der Waals surface area contributed by atoms with E-state index >= 15 is 0 Å². The summed E-state index contributed by atoms with van der Waals surface area (Å²) in [6.07, 6.45) is 3.20. The van der Waals surface area contributed by atoms with Gasteiger partial charge in [-0.05, 0) is 40.5 Å². The molecule has 1 aliphatic heterocycles. The summed E-state index contributed by atoms with van der Waals surface area (Å²) < 4.78 is 5.30. The zero-order chi connectivity index (χ0) is 16.3. The van der Waals surface area contributed by atoms with Gasteiger partial charge in [-0.2, -0.15) is 0 Å². The van der Waals surface area contributed by atoms with Crippen molar-refractivity contribution < 1.29 is 9.53 Å². The first-order chi connectivity index (χ1) is 10.2. The number of alkyl carbamates (subject to hydrolysis) is 1. The minimum absolute atomic E-state index is 0.0206. The van der Waals surface area contributed by atoms with E-state index in [1.54, 1.807) is 6.20 Å². The number of carbonyl (C=O) groups excluding carboxylic acids is 1. The molecule has 1 aromatic rings. The molecule has 1 amide bonds. The fourth-order valence-electron chi connectivity index (χ4n) is 2.32. The van der Waals surface area contributed by atoms with E-state index in [0.717, 1.165) is 24.9 Å². The van der Waals surface area contributed by atoms with Crippen LogP contribution in [0.3, 0.4) is 0 Å². The summed E-state index contributed by atoms with van der Waals surface area (Å²) in [5.41, 5.74) is 0.359. The van der Waals surface area contributed by atoms with Crippen molar-refractivity contribution in [3.63, 3.8) is 0 Å². The molecule has 0 aliphatic carbocycles. The van der Waals surface area contributed by atoms with E-state index in [1.165, 1.54) is 0 Å². The quantitative estimate of drug-likeness (QED) is 0.846. The van der Waals surface area contributed by atoms with Crippen molar-refractivity contribution in [3.8, 4) is 0 Å². The number of ether oxygens (including phenoxy) is 1. The van der Waals surface area contributed by atoms with Crippen LogP contribution in [-0.4, -0.2) is 40.8 Å². The minimum atomic E-state index is -0.494. The van der Waals surface area contributed by atoms with E-state index in [-0.39, 0.29) is 12.1 Å². The second-order valence-electron chi connectivity index (χ2n) is 6.58. The van der Waals surface area contributed by atoms with Gasteiger partial charge in [-0.15, -0.1) is 0 Å². The lowest BCUT2D eigenvalue weighted by Gasteiger charge is -2.33. The van der Waals surface area contributed by atoms with E-state index < -0.39 is 5.60 Å². The summed E-state index contributed by atoms with van der Waals surface area (Å²) in [5, 5.41) is 3.37. The third-order valence-electron chi connectivity index (χ3n) is 3.32. The highest BCUT2D eigenvalue weighted by Gasteiger charge is 2.25. The Labute approximate surface area is 136 Å². The van der Waals surface area contributed by atoms with Crippen molar-refractivity contribution >= 4 is 23.6 Å². The maximum Gasteiger partial charge on any atom is 0.407 e. The molecule has 0 saturated carbocycles. The van der Waals surface area contributed by atoms with Gasteiger partial charge in [0.05, 0.1) is 0 Å². The Bertz CT molecular complexity index is 545. The molecular weight excluding hydrogens is 304 g/mol. The Morgan fingerprint density at radius 2 is 2.23 bits per heavy atom. The molecule has 6 nitrogen and oxygen atoms in total. The molecule has 1 aromatic heterocycles. The van der Waals surface area contributed by atoms with Crippen LogP contribution in [-0.2, 0) is 4.74 Å². The smallest absolute Gasteiger partial charge is 0.407 e. The molecule has 7 heteroatoms. The molecule has 1 unspecified atom stereocenters. The molecule has 22 heavy (non-hydrogen) atoms. The van der Waals surface area contributed by atoms with Crippen LogP contribution in [0.1, 0.15) is 39.2 Å². The number of halogens is 1. The van der Waals surface area contributed by atoms with Crippen LogP contribution in [0.25, 0.3) is 0 Å². The molecule has 1 aliphatic rings. The molecule has 2 heterocycles. The maximum absolute atomic E-state index is 11.9. The predicted molar refractivity (Wildman–Crippen MR) is 86.4 cm³/mol. The van der Waals surface area contributed by atoms with Gasteiger partial charge >= 0.3 is 6.09 Å². The van der Waals surface area contributed by atoms with Crippen LogP contribution in [0.15, 0.2) is 6.20 Å². The number of piperidine rings is 1. The van der Waals surface area contributed by atoms with Crippen LogP contribution >= 0.6 is 11.6 Å². The second-order valence-corrected chi connectivity index (χ2v) is 6.93. The third-order valence-corrected chi connectivity index (χ3v) is 3.70. The highest BCUT2D eigenvalue weighted by atomic mass is 35.5. The first-order valence-corrected chi connectivity index (χ1v) is 7.86. The zero-order valence-electron chi connectivity index (χ0n) is 13.5. The standard InChI is InChI=1S/C15H23ClN4O2/c1-10-8-17-13(19-12(10)16)20-7-5-6-11(9-20)18-14(21)22-15(2,3)4/h8,11H,5-7,9H2,1-4H3,(H,18,21). The maximum atomic E-state index is 11.9. The zero-order valence-corrected chi connectivity index (χ0v) is 14.3. The Balaban J connectivity index is 1.96. The summed E-state index contributed by atoms with van der Waals surface area (Å²) in [6, 6.07) is 0.0206. The van der Waals surface area contributed by atoms with Crippen molar-refractivity contribution in [1.29, 1.82) is 0 Å². The molecular formula is C15H23ClN4O2. The number of nitrogens with zero attached hydrogens (tertiary/aromatic N) is 3. The van der Waals surface area contributed by atoms with Gasteiger partial charge in [-0.3, -0.25) is 0 Å².